The summed E-state index contributed by atoms with van der Waals surface area (Å²) in [5.74, 6) is 0. The minimum Gasteiger partial charge on any atom is -0.396 e. The van der Waals surface area contributed by atoms with Crippen LogP contribution in [-0.4, -0.2) is 24.8 Å². The maximum Gasteiger partial charge on any atom is 0.0499 e. The van der Waals surface area contributed by atoms with Gasteiger partial charge in [-0.15, -0.1) is 6.58 Å². The summed E-state index contributed by atoms with van der Waals surface area (Å²) in [6.07, 6.45) is 6.76. The summed E-state index contributed by atoms with van der Waals surface area (Å²) in [5, 5.41) is 12.5. The van der Waals surface area contributed by atoms with Crippen LogP contribution in [-0.2, 0) is 0 Å². The molecule has 0 bridgehead atoms. The first-order valence-electron chi connectivity index (χ1n) is 4.75. The Morgan fingerprint density at radius 2 is 2.08 bits per heavy atom. The largest absolute Gasteiger partial charge is 0.396 e. The first-order chi connectivity index (χ1) is 5.83. The van der Waals surface area contributed by atoms with Gasteiger partial charge in [0, 0.05) is 25.1 Å². The smallest absolute Gasteiger partial charge is 0.0499 e. The van der Waals surface area contributed by atoms with E-state index in [4.69, 9.17) is 0 Å². The summed E-state index contributed by atoms with van der Waals surface area (Å²) in [6, 6.07) is 0. The van der Waals surface area contributed by atoms with E-state index >= 15 is 0 Å². The molecule has 0 aromatic carbocycles. The van der Waals surface area contributed by atoms with Gasteiger partial charge in [-0.25, -0.2) is 0 Å². The second-order valence-electron chi connectivity index (χ2n) is 3.78. The van der Waals surface area contributed by atoms with Gasteiger partial charge in [0.2, 0.25) is 0 Å². The molecule has 0 aliphatic heterocycles. The van der Waals surface area contributed by atoms with Crippen molar-refractivity contribution in [1.29, 1.82) is 0 Å². The Morgan fingerprint density at radius 1 is 1.42 bits per heavy atom. The van der Waals surface area contributed by atoms with Crippen molar-refractivity contribution in [2.45, 2.75) is 25.7 Å². The molecule has 1 saturated carbocycles. The second kappa shape index (κ2) is 4.63. The van der Waals surface area contributed by atoms with Gasteiger partial charge in [-0.1, -0.05) is 18.9 Å². The molecule has 70 valence electrons. The van der Waals surface area contributed by atoms with Crippen molar-refractivity contribution in [2.24, 2.45) is 5.41 Å². The molecular weight excluding hydrogens is 150 g/mol. The van der Waals surface area contributed by atoms with Crippen LogP contribution in [0.5, 0.6) is 0 Å². The summed E-state index contributed by atoms with van der Waals surface area (Å²) in [7, 11) is 0. The molecule has 2 heteroatoms. The third-order valence-electron chi connectivity index (χ3n) is 2.79. The van der Waals surface area contributed by atoms with Gasteiger partial charge in [-0.05, 0) is 12.8 Å². The highest BCUT2D eigenvalue weighted by Crippen LogP contribution is 2.36. The van der Waals surface area contributed by atoms with Gasteiger partial charge in [0.1, 0.15) is 0 Å². The maximum absolute atomic E-state index is 9.25. The van der Waals surface area contributed by atoms with E-state index in [-0.39, 0.29) is 5.41 Å². The number of hydrogen-bond acceptors (Lipinski definition) is 2. The van der Waals surface area contributed by atoms with E-state index < -0.39 is 0 Å². The molecule has 0 amide bonds. The Bertz CT molecular complexity index is 139. The van der Waals surface area contributed by atoms with Crippen LogP contribution >= 0.6 is 0 Å². The Kier molecular flexibility index (Phi) is 3.76. The molecule has 12 heavy (non-hydrogen) atoms. The molecule has 2 N–H and O–H groups in total. The van der Waals surface area contributed by atoms with Gasteiger partial charge in [-0.3, -0.25) is 0 Å². The van der Waals surface area contributed by atoms with Gasteiger partial charge in [0.05, 0.1) is 0 Å². The Labute approximate surface area is 74.7 Å². The standard InChI is InChI=1S/C10H19NO/c1-2-7-11-8-10(9-12)5-3-4-6-10/h2,11-12H,1,3-9H2. The summed E-state index contributed by atoms with van der Waals surface area (Å²) in [4.78, 5) is 0. The van der Waals surface area contributed by atoms with E-state index in [0.717, 1.165) is 13.1 Å². The van der Waals surface area contributed by atoms with Crippen molar-refractivity contribution in [2.75, 3.05) is 19.7 Å². The Hall–Kier alpha value is -0.340. The Balaban J connectivity index is 2.28. The third-order valence-corrected chi connectivity index (χ3v) is 2.79. The van der Waals surface area contributed by atoms with Crippen LogP contribution in [0.4, 0.5) is 0 Å². The number of hydrogen-bond donors (Lipinski definition) is 2. The van der Waals surface area contributed by atoms with Gasteiger partial charge >= 0.3 is 0 Å². The van der Waals surface area contributed by atoms with Crippen molar-refractivity contribution >= 4 is 0 Å². The van der Waals surface area contributed by atoms with Crippen molar-refractivity contribution < 1.29 is 5.11 Å². The summed E-state index contributed by atoms with van der Waals surface area (Å²) in [6.45, 7) is 5.77. The molecule has 0 saturated heterocycles. The van der Waals surface area contributed by atoms with Crippen molar-refractivity contribution in [3.8, 4) is 0 Å². The maximum atomic E-state index is 9.25. The van der Waals surface area contributed by atoms with Crippen LogP contribution in [0.2, 0.25) is 0 Å². The fourth-order valence-corrected chi connectivity index (χ4v) is 1.96. The van der Waals surface area contributed by atoms with E-state index in [0.29, 0.717) is 6.61 Å². The van der Waals surface area contributed by atoms with E-state index in [9.17, 15) is 5.11 Å². The number of aliphatic hydroxyl groups is 1. The van der Waals surface area contributed by atoms with E-state index in [1.54, 1.807) is 0 Å². The van der Waals surface area contributed by atoms with Crippen LogP contribution < -0.4 is 5.32 Å². The predicted molar refractivity (Wildman–Crippen MR) is 51.1 cm³/mol. The SMILES string of the molecule is C=CCNCC1(CO)CCCC1. The molecule has 2 nitrogen and oxygen atoms in total. The van der Waals surface area contributed by atoms with Gasteiger partial charge in [0.15, 0.2) is 0 Å². The first kappa shape index (κ1) is 9.75. The molecule has 0 aromatic heterocycles. The summed E-state index contributed by atoms with van der Waals surface area (Å²) >= 11 is 0. The van der Waals surface area contributed by atoms with E-state index in [1.165, 1.54) is 25.7 Å². The molecule has 1 aliphatic rings. The van der Waals surface area contributed by atoms with Gasteiger partial charge in [-0.2, -0.15) is 0 Å². The molecule has 1 aliphatic carbocycles. The molecule has 0 aromatic rings. The monoisotopic (exact) mass is 169 g/mol. The van der Waals surface area contributed by atoms with E-state index in [1.807, 2.05) is 6.08 Å². The molecule has 0 radical (unpaired) electrons. The van der Waals surface area contributed by atoms with Crippen molar-refractivity contribution in [3.63, 3.8) is 0 Å². The molecule has 0 heterocycles. The zero-order valence-electron chi connectivity index (χ0n) is 7.68. The summed E-state index contributed by atoms with van der Waals surface area (Å²) < 4.78 is 0. The lowest BCUT2D eigenvalue weighted by Crippen LogP contribution is -2.35. The average molecular weight is 169 g/mol. The Morgan fingerprint density at radius 3 is 2.58 bits per heavy atom. The zero-order valence-corrected chi connectivity index (χ0v) is 7.68. The number of rotatable bonds is 5. The minimum absolute atomic E-state index is 0.184. The minimum atomic E-state index is 0.184. The topological polar surface area (TPSA) is 32.3 Å². The highest BCUT2D eigenvalue weighted by Gasteiger charge is 2.32. The third kappa shape index (κ3) is 2.32. The highest BCUT2D eigenvalue weighted by molar-refractivity contribution is 4.87. The predicted octanol–water partition coefficient (Wildman–Crippen LogP) is 1.31. The molecule has 1 rings (SSSR count). The van der Waals surface area contributed by atoms with E-state index in [2.05, 4.69) is 11.9 Å². The fourth-order valence-electron chi connectivity index (χ4n) is 1.96. The van der Waals surface area contributed by atoms with Gasteiger partial charge < -0.3 is 10.4 Å². The molecular formula is C10H19NO. The lowest BCUT2D eigenvalue weighted by Gasteiger charge is -2.26. The van der Waals surface area contributed by atoms with Crippen LogP contribution in [0.3, 0.4) is 0 Å². The fraction of sp³-hybridized carbons (Fsp3) is 0.800. The lowest BCUT2D eigenvalue weighted by molar-refractivity contribution is 0.129. The van der Waals surface area contributed by atoms with Crippen molar-refractivity contribution in [3.05, 3.63) is 12.7 Å². The number of nitrogens with one attached hydrogen (secondary N) is 1. The van der Waals surface area contributed by atoms with Crippen LogP contribution in [0.1, 0.15) is 25.7 Å². The summed E-state index contributed by atoms with van der Waals surface area (Å²) in [5.41, 5.74) is 0.184. The normalized spacial score (nSPS) is 21.1. The number of aliphatic hydroxyl groups excluding tert-OH is 1. The van der Waals surface area contributed by atoms with Crippen molar-refractivity contribution in [1.82, 2.24) is 5.32 Å². The van der Waals surface area contributed by atoms with Gasteiger partial charge in [0.25, 0.3) is 0 Å². The first-order valence-corrected chi connectivity index (χ1v) is 4.75. The molecule has 0 unspecified atom stereocenters. The molecule has 0 spiro atoms. The lowest BCUT2D eigenvalue weighted by atomic mass is 9.87. The van der Waals surface area contributed by atoms with Crippen LogP contribution in [0, 0.1) is 5.41 Å². The zero-order chi connectivity index (χ0) is 8.86. The quantitative estimate of drug-likeness (QED) is 0.480. The molecule has 0 atom stereocenters. The average Bonchev–Trinajstić information content (AvgIpc) is 2.55. The molecule has 1 fully saturated rings. The van der Waals surface area contributed by atoms with Crippen LogP contribution in [0.15, 0.2) is 12.7 Å². The highest BCUT2D eigenvalue weighted by atomic mass is 16.3. The van der Waals surface area contributed by atoms with Crippen LogP contribution in [0.25, 0.3) is 0 Å². The second-order valence-corrected chi connectivity index (χ2v) is 3.78.